The number of aliphatic carboxylic acids is 1. The van der Waals surface area contributed by atoms with Crippen LogP contribution in [0.4, 0.5) is 4.79 Å². The molecule has 0 spiro atoms. The van der Waals surface area contributed by atoms with Gasteiger partial charge < -0.3 is 20.3 Å². The van der Waals surface area contributed by atoms with Crippen molar-refractivity contribution in [2.24, 2.45) is 5.92 Å². The van der Waals surface area contributed by atoms with E-state index in [1.807, 2.05) is 12.1 Å². The molecule has 0 aromatic heterocycles. The molecule has 0 bridgehead atoms. The first-order valence-electron chi connectivity index (χ1n) is 7.24. The first-order valence-corrected chi connectivity index (χ1v) is 7.24. The third kappa shape index (κ3) is 4.69. The highest BCUT2D eigenvalue weighted by atomic mass is 16.5. The molecule has 0 radical (unpaired) electrons. The molecule has 1 aromatic rings. The second-order valence-electron chi connectivity index (χ2n) is 5.76. The van der Waals surface area contributed by atoms with Gasteiger partial charge in [0, 0.05) is 6.42 Å². The summed E-state index contributed by atoms with van der Waals surface area (Å²) < 4.78 is 4.97. The van der Waals surface area contributed by atoms with Gasteiger partial charge in [-0.25, -0.2) is 9.59 Å². The predicted molar refractivity (Wildman–Crippen MR) is 79.1 cm³/mol. The van der Waals surface area contributed by atoms with Gasteiger partial charge in [-0.3, -0.25) is 0 Å². The Morgan fingerprint density at radius 1 is 1.39 bits per heavy atom. The van der Waals surface area contributed by atoms with Crippen LogP contribution in [0.2, 0.25) is 0 Å². The number of ether oxygens (including phenoxy) is 1. The number of carboxylic acid groups (broad SMARTS) is 1. The van der Waals surface area contributed by atoms with Gasteiger partial charge in [-0.2, -0.15) is 5.26 Å². The van der Waals surface area contributed by atoms with Crippen LogP contribution in [-0.4, -0.2) is 33.9 Å². The number of nitrogens with one attached hydrogen (secondary N) is 1. The van der Waals surface area contributed by atoms with Crippen LogP contribution in [0.1, 0.15) is 24.8 Å². The summed E-state index contributed by atoms with van der Waals surface area (Å²) in [6.45, 7) is 0.0276. The van der Waals surface area contributed by atoms with Gasteiger partial charge in [0.15, 0.2) is 0 Å². The van der Waals surface area contributed by atoms with Crippen molar-refractivity contribution in [2.45, 2.75) is 37.5 Å². The molecule has 1 aromatic carbocycles. The molecule has 1 saturated carbocycles. The fourth-order valence-electron chi connectivity index (χ4n) is 2.60. The van der Waals surface area contributed by atoms with Crippen molar-refractivity contribution in [3.8, 4) is 6.07 Å². The number of carbonyl (C=O) groups is 2. The number of nitrogens with zero attached hydrogens (tertiary/aromatic N) is 1. The molecule has 1 fully saturated rings. The first kappa shape index (κ1) is 16.8. The fourth-order valence-corrected chi connectivity index (χ4v) is 2.60. The number of hydrogen-bond donors (Lipinski definition) is 3. The lowest BCUT2D eigenvalue weighted by Crippen LogP contribution is -2.52. The van der Waals surface area contributed by atoms with Crippen LogP contribution in [0.15, 0.2) is 30.3 Å². The van der Waals surface area contributed by atoms with Gasteiger partial charge in [0.1, 0.15) is 12.6 Å². The Hall–Kier alpha value is -2.59. The van der Waals surface area contributed by atoms with Crippen molar-refractivity contribution >= 4 is 12.1 Å². The third-order valence-electron chi connectivity index (χ3n) is 3.82. The normalized spacial score (nSPS) is 23.9. The largest absolute Gasteiger partial charge is 0.480 e. The minimum Gasteiger partial charge on any atom is -0.480 e. The molecule has 7 nitrogen and oxygen atoms in total. The van der Waals surface area contributed by atoms with E-state index in [1.165, 1.54) is 0 Å². The molecule has 7 heteroatoms. The molecule has 122 valence electrons. The zero-order valence-corrected chi connectivity index (χ0v) is 12.4. The number of alkyl carbamates (subject to hydrolysis) is 1. The number of hydrogen-bond acceptors (Lipinski definition) is 5. The van der Waals surface area contributed by atoms with Crippen molar-refractivity contribution < 1.29 is 24.5 Å². The Bertz CT molecular complexity index is 605. The number of rotatable bonds is 6. The summed E-state index contributed by atoms with van der Waals surface area (Å²) in [5.74, 6) is -1.52. The average molecular weight is 318 g/mol. The van der Waals surface area contributed by atoms with E-state index >= 15 is 0 Å². The topological polar surface area (TPSA) is 120 Å². The monoisotopic (exact) mass is 318 g/mol. The second-order valence-corrected chi connectivity index (χ2v) is 5.76. The molecule has 0 saturated heterocycles. The molecular weight excluding hydrogens is 300 g/mol. The molecular formula is C16H18N2O5. The van der Waals surface area contributed by atoms with Gasteiger partial charge in [-0.15, -0.1) is 0 Å². The Balaban J connectivity index is 1.83. The maximum atomic E-state index is 11.7. The highest BCUT2D eigenvalue weighted by molar-refractivity contribution is 5.80. The molecule has 1 unspecified atom stereocenters. The van der Waals surface area contributed by atoms with Crippen LogP contribution in [0, 0.1) is 17.2 Å². The Labute approximate surface area is 133 Å². The lowest BCUT2D eigenvalue weighted by Gasteiger charge is -2.41. The highest BCUT2D eigenvalue weighted by Crippen LogP contribution is 2.40. The van der Waals surface area contributed by atoms with Crippen molar-refractivity contribution in [2.75, 3.05) is 0 Å². The lowest BCUT2D eigenvalue weighted by atomic mass is 9.68. The van der Waals surface area contributed by atoms with Crippen molar-refractivity contribution in [3.63, 3.8) is 0 Å². The summed E-state index contributed by atoms with van der Waals surface area (Å²) in [6, 6.07) is 9.75. The van der Waals surface area contributed by atoms with E-state index < -0.39 is 23.7 Å². The Kier molecular flexibility index (Phi) is 5.19. The zero-order chi connectivity index (χ0) is 16.9. The van der Waals surface area contributed by atoms with Gasteiger partial charge in [-0.1, -0.05) is 30.3 Å². The third-order valence-corrected chi connectivity index (χ3v) is 3.82. The molecule has 1 aliphatic rings. The van der Waals surface area contributed by atoms with Crippen LogP contribution in [0.5, 0.6) is 0 Å². The summed E-state index contributed by atoms with van der Waals surface area (Å²) in [5, 5.41) is 30.3. The Morgan fingerprint density at radius 3 is 2.61 bits per heavy atom. The lowest BCUT2D eigenvalue weighted by molar-refractivity contribution is -0.143. The van der Waals surface area contributed by atoms with Gasteiger partial charge in [0.05, 0.1) is 17.6 Å². The van der Waals surface area contributed by atoms with Crippen LogP contribution in [0.25, 0.3) is 0 Å². The zero-order valence-electron chi connectivity index (χ0n) is 12.4. The molecule has 3 N–H and O–H groups in total. The van der Waals surface area contributed by atoms with Gasteiger partial charge in [0.25, 0.3) is 0 Å². The van der Waals surface area contributed by atoms with Crippen molar-refractivity contribution in [1.29, 1.82) is 5.26 Å². The van der Waals surface area contributed by atoms with Crippen molar-refractivity contribution in [1.82, 2.24) is 5.32 Å². The average Bonchev–Trinajstić information content (AvgIpc) is 2.50. The van der Waals surface area contributed by atoms with E-state index in [0.29, 0.717) is 0 Å². The van der Waals surface area contributed by atoms with Crippen LogP contribution in [0.3, 0.4) is 0 Å². The summed E-state index contributed by atoms with van der Waals surface area (Å²) in [5.41, 5.74) is -0.445. The fraction of sp³-hybridized carbons (Fsp3) is 0.438. The highest BCUT2D eigenvalue weighted by Gasteiger charge is 2.45. The number of amides is 1. The standard InChI is InChI=1S/C16H18N2O5/c17-9-12-6-16(22,7-12)8-13(14(19)20)18-15(21)23-10-11-4-2-1-3-5-11/h1-5,12-13,22H,6-8,10H2,(H,18,21)(H,19,20). The summed E-state index contributed by atoms with van der Waals surface area (Å²) in [4.78, 5) is 22.9. The molecule has 1 amide bonds. The summed E-state index contributed by atoms with van der Waals surface area (Å²) in [7, 11) is 0. The van der Waals surface area contributed by atoms with Gasteiger partial charge in [-0.05, 0) is 18.4 Å². The number of benzene rings is 1. The van der Waals surface area contributed by atoms with Crippen LogP contribution >= 0.6 is 0 Å². The minimum absolute atomic E-state index is 0.0276. The maximum Gasteiger partial charge on any atom is 0.408 e. The molecule has 23 heavy (non-hydrogen) atoms. The summed E-state index contributed by atoms with van der Waals surface area (Å²) in [6.07, 6.45) is -0.579. The smallest absolute Gasteiger partial charge is 0.408 e. The molecule has 2 rings (SSSR count). The molecule has 1 atom stereocenters. The number of carbonyl (C=O) groups excluding carboxylic acids is 1. The van der Waals surface area contributed by atoms with E-state index in [-0.39, 0.29) is 31.8 Å². The van der Waals surface area contributed by atoms with Gasteiger partial charge in [0.2, 0.25) is 0 Å². The number of aliphatic hydroxyl groups is 1. The van der Waals surface area contributed by atoms with Crippen LogP contribution in [-0.2, 0) is 16.1 Å². The number of carboxylic acids is 1. The number of nitriles is 1. The van der Waals surface area contributed by atoms with E-state index in [9.17, 15) is 14.7 Å². The SMILES string of the molecule is N#CC1CC(O)(CC(NC(=O)OCc2ccccc2)C(=O)O)C1. The summed E-state index contributed by atoms with van der Waals surface area (Å²) >= 11 is 0. The van der Waals surface area contributed by atoms with Crippen LogP contribution < -0.4 is 5.32 Å². The molecule has 0 heterocycles. The van der Waals surface area contributed by atoms with E-state index in [4.69, 9.17) is 15.1 Å². The van der Waals surface area contributed by atoms with E-state index in [2.05, 4.69) is 5.32 Å². The Morgan fingerprint density at radius 2 is 2.04 bits per heavy atom. The quantitative estimate of drug-likeness (QED) is 0.729. The van der Waals surface area contributed by atoms with Gasteiger partial charge >= 0.3 is 12.1 Å². The predicted octanol–water partition coefficient (Wildman–Crippen LogP) is 1.42. The second kappa shape index (κ2) is 7.11. The minimum atomic E-state index is -1.26. The maximum absolute atomic E-state index is 11.7. The molecule has 0 aliphatic heterocycles. The van der Waals surface area contributed by atoms with E-state index in [1.54, 1.807) is 24.3 Å². The van der Waals surface area contributed by atoms with Crippen molar-refractivity contribution in [3.05, 3.63) is 35.9 Å². The molecule has 1 aliphatic carbocycles. The first-order chi connectivity index (χ1) is 10.9. The van der Waals surface area contributed by atoms with E-state index in [0.717, 1.165) is 5.56 Å².